The normalized spacial score (nSPS) is 9.00. The van der Waals surface area contributed by atoms with Crippen LogP contribution in [0.15, 0.2) is 0 Å². The Morgan fingerprint density at radius 3 is 2.54 bits per heavy atom. The summed E-state index contributed by atoms with van der Waals surface area (Å²) in [7, 11) is 0. The van der Waals surface area contributed by atoms with Crippen molar-refractivity contribution >= 4 is 17.9 Å². The second-order valence-corrected chi connectivity index (χ2v) is 2.36. The number of guanidine groups is 1. The van der Waals surface area contributed by atoms with E-state index in [0.717, 1.165) is 0 Å². The summed E-state index contributed by atoms with van der Waals surface area (Å²) in [6.07, 6.45) is 0.845. The van der Waals surface area contributed by atoms with Crippen LogP contribution in [0.4, 0.5) is 0 Å². The largest absolute Gasteiger partial charge is 0.392 e. The van der Waals surface area contributed by atoms with Crippen LogP contribution in [-0.2, 0) is 14.3 Å². The first kappa shape index (κ1) is 11.4. The van der Waals surface area contributed by atoms with Crippen molar-refractivity contribution in [2.24, 2.45) is 5.73 Å². The molecular formula is C7H13N3O3. The van der Waals surface area contributed by atoms with Gasteiger partial charge in [-0.15, -0.1) is 0 Å². The fourth-order valence-corrected chi connectivity index (χ4v) is 0.586. The van der Waals surface area contributed by atoms with Gasteiger partial charge in [-0.05, 0) is 6.42 Å². The van der Waals surface area contributed by atoms with Gasteiger partial charge in [0.25, 0.3) is 0 Å². The van der Waals surface area contributed by atoms with Crippen LogP contribution in [0.5, 0.6) is 0 Å². The highest BCUT2D eigenvalue weighted by molar-refractivity contribution is 5.88. The summed E-state index contributed by atoms with van der Waals surface area (Å²) in [4.78, 5) is 21.5. The molecule has 0 aliphatic heterocycles. The van der Waals surface area contributed by atoms with Crippen molar-refractivity contribution in [1.29, 1.82) is 5.41 Å². The van der Waals surface area contributed by atoms with Crippen LogP contribution in [-0.4, -0.2) is 24.4 Å². The standard InChI is InChI=1S/C7H13N3O3/c1-2-3-5(11)13-6(12)4-10-7(8)9/h2-4H2,1H3,(H4,8,9,10). The van der Waals surface area contributed by atoms with Crippen LogP contribution >= 0.6 is 0 Å². The van der Waals surface area contributed by atoms with E-state index in [2.05, 4.69) is 10.1 Å². The average Bonchev–Trinajstić information content (AvgIpc) is 2.01. The average molecular weight is 187 g/mol. The molecule has 0 amide bonds. The molecule has 0 aromatic heterocycles. The monoisotopic (exact) mass is 187 g/mol. The highest BCUT2D eigenvalue weighted by Crippen LogP contribution is 1.90. The predicted molar refractivity (Wildman–Crippen MR) is 45.9 cm³/mol. The summed E-state index contributed by atoms with van der Waals surface area (Å²) < 4.78 is 4.35. The lowest BCUT2D eigenvalue weighted by Crippen LogP contribution is -2.35. The summed E-state index contributed by atoms with van der Waals surface area (Å²) in [6.45, 7) is 1.55. The SMILES string of the molecule is CCCC(=O)OC(=O)CNC(=N)N. The third kappa shape index (κ3) is 6.79. The van der Waals surface area contributed by atoms with Crippen molar-refractivity contribution in [3.63, 3.8) is 0 Å². The van der Waals surface area contributed by atoms with Crippen LogP contribution in [0, 0.1) is 5.41 Å². The predicted octanol–water partition coefficient (Wildman–Crippen LogP) is -0.661. The van der Waals surface area contributed by atoms with Crippen molar-refractivity contribution in [2.45, 2.75) is 19.8 Å². The number of hydrogen-bond donors (Lipinski definition) is 3. The molecule has 0 radical (unpaired) electrons. The molecule has 0 bridgehead atoms. The van der Waals surface area contributed by atoms with Gasteiger partial charge in [0, 0.05) is 6.42 Å². The Hall–Kier alpha value is -1.59. The maximum atomic E-state index is 10.8. The van der Waals surface area contributed by atoms with Crippen molar-refractivity contribution in [3.8, 4) is 0 Å². The lowest BCUT2D eigenvalue weighted by atomic mass is 10.3. The number of nitrogens with two attached hydrogens (primary N) is 1. The van der Waals surface area contributed by atoms with Crippen molar-refractivity contribution in [3.05, 3.63) is 0 Å². The molecular weight excluding hydrogens is 174 g/mol. The molecule has 0 saturated carbocycles. The van der Waals surface area contributed by atoms with E-state index < -0.39 is 11.9 Å². The first-order chi connectivity index (χ1) is 6.06. The highest BCUT2D eigenvalue weighted by Gasteiger charge is 2.08. The molecule has 0 aromatic rings. The van der Waals surface area contributed by atoms with Gasteiger partial charge >= 0.3 is 11.9 Å². The summed E-state index contributed by atoms with van der Waals surface area (Å²) in [5.41, 5.74) is 4.91. The Morgan fingerprint density at radius 2 is 2.08 bits per heavy atom. The number of ether oxygens (including phenoxy) is 1. The molecule has 0 aromatic carbocycles. The quantitative estimate of drug-likeness (QED) is 0.234. The fraction of sp³-hybridized carbons (Fsp3) is 0.571. The van der Waals surface area contributed by atoms with Gasteiger partial charge in [0.2, 0.25) is 0 Å². The molecule has 0 unspecified atom stereocenters. The van der Waals surface area contributed by atoms with E-state index in [4.69, 9.17) is 11.1 Å². The van der Waals surface area contributed by atoms with Gasteiger partial charge in [0.1, 0.15) is 6.54 Å². The summed E-state index contributed by atoms with van der Waals surface area (Å²) in [5, 5.41) is 8.95. The molecule has 74 valence electrons. The minimum absolute atomic E-state index is 0.214. The molecule has 6 nitrogen and oxygen atoms in total. The molecule has 0 spiro atoms. The number of esters is 2. The van der Waals surface area contributed by atoms with Gasteiger partial charge in [-0.25, -0.2) is 4.79 Å². The topological polar surface area (TPSA) is 105 Å². The number of rotatable bonds is 4. The Bertz CT molecular complexity index is 215. The Balaban J connectivity index is 3.62. The van der Waals surface area contributed by atoms with Crippen LogP contribution in [0.25, 0.3) is 0 Å². The van der Waals surface area contributed by atoms with Crippen LogP contribution in [0.2, 0.25) is 0 Å². The van der Waals surface area contributed by atoms with E-state index >= 15 is 0 Å². The van der Waals surface area contributed by atoms with Crippen molar-refractivity contribution in [1.82, 2.24) is 5.32 Å². The number of hydrogen-bond acceptors (Lipinski definition) is 4. The third-order valence-electron chi connectivity index (χ3n) is 1.10. The molecule has 0 rings (SSSR count). The van der Waals surface area contributed by atoms with Crippen LogP contribution < -0.4 is 11.1 Å². The number of carbonyl (C=O) groups excluding carboxylic acids is 2. The molecule has 0 saturated heterocycles. The molecule has 0 aliphatic carbocycles. The maximum Gasteiger partial charge on any atom is 0.333 e. The maximum absolute atomic E-state index is 10.8. The highest BCUT2D eigenvalue weighted by atomic mass is 16.6. The lowest BCUT2D eigenvalue weighted by Gasteiger charge is -2.02. The van der Waals surface area contributed by atoms with E-state index in [-0.39, 0.29) is 18.9 Å². The van der Waals surface area contributed by atoms with Crippen molar-refractivity contribution in [2.75, 3.05) is 6.54 Å². The number of nitrogens with one attached hydrogen (secondary N) is 2. The first-order valence-electron chi connectivity index (χ1n) is 3.87. The molecule has 0 atom stereocenters. The minimum atomic E-state index is -0.728. The summed E-state index contributed by atoms with van der Waals surface area (Å²) in [6, 6.07) is 0. The Morgan fingerprint density at radius 1 is 1.46 bits per heavy atom. The second kappa shape index (κ2) is 5.99. The molecule has 13 heavy (non-hydrogen) atoms. The zero-order chi connectivity index (χ0) is 10.3. The number of carbonyl (C=O) groups is 2. The molecule has 6 heteroatoms. The van der Waals surface area contributed by atoms with Gasteiger partial charge in [0.05, 0.1) is 0 Å². The summed E-state index contributed by atoms with van der Waals surface area (Å²) in [5.74, 6) is -1.62. The minimum Gasteiger partial charge on any atom is -0.392 e. The van der Waals surface area contributed by atoms with Crippen LogP contribution in [0.3, 0.4) is 0 Å². The van der Waals surface area contributed by atoms with Gasteiger partial charge in [-0.1, -0.05) is 6.92 Å². The first-order valence-corrected chi connectivity index (χ1v) is 3.87. The molecule has 4 N–H and O–H groups in total. The van der Waals surface area contributed by atoms with Gasteiger partial charge in [-0.2, -0.15) is 0 Å². The molecule has 0 aliphatic rings. The van der Waals surface area contributed by atoms with E-state index in [1.165, 1.54) is 0 Å². The Labute approximate surface area is 75.9 Å². The zero-order valence-corrected chi connectivity index (χ0v) is 7.42. The van der Waals surface area contributed by atoms with Crippen molar-refractivity contribution < 1.29 is 14.3 Å². The van der Waals surface area contributed by atoms with E-state index in [1.54, 1.807) is 6.92 Å². The van der Waals surface area contributed by atoms with Gasteiger partial charge in [-0.3, -0.25) is 10.2 Å². The van der Waals surface area contributed by atoms with Gasteiger partial charge in [0.15, 0.2) is 5.96 Å². The third-order valence-corrected chi connectivity index (χ3v) is 1.10. The smallest absolute Gasteiger partial charge is 0.333 e. The molecule has 0 heterocycles. The Kier molecular flexibility index (Phi) is 5.25. The van der Waals surface area contributed by atoms with Crippen LogP contribution in [0.1, 0.15) is 19.8 Å². The van der Waals surface area contributed by atoms with E-state index in [0.29, 0.717) is 6.42 Å². The lowest BCUT2D eigenvalue weighted by molar-refractivity contribution is -0.158. The summed E-state index contributed by atoms with van der Waals surface area (Å²) >= 11 is 0. The van der Waals surface area contributed by atoms with Gasteiger partial charge < -0.3 is 15.8 Å². The van der Waals surface area contributed by atoms with E-state index in [1.807, 2.05) is 0 Å². The van der Waals surface area contributed by atoms with E-state index in [9.17, 15) is 9.59 Å². The molecule has 0 fully saturated rings. The second-order valence-electron chi connectivity index (χ2n) is 2.36. The zero-order valence-electron chi connectivity index (χ0n) is 7.42. The fourth-order valence-electron chi connectivity index (χ4n) is 0.586.